The molecule has 0 atom stereocenters. The molecule has 2 aromatic rings. The van der Waals surface area contributed by atoms with Crippen LogP contribution in [0.2, 0.25) is 0 Å². The van der Waals surface area contributed by atoms with E-state index < -0.39 is 26.8 Å². The van der Waals surface area contributed by atoms with Crippen LogP contribution in [0, 0.1) is 0 Å². The van der Waals surface area contributed by atoms with Crippen molar-refractivity contribution < 1.29 is 21.6 Å². The highest BCUT2D eigenvalue weighted by molar-refractivity contribution is 7.92. The van der Waals surface area contributed by atoms with Crippen LogP contribution in [-0.2, 0) is 23.2 Å². The van der Waals surface area contributed by atoms with Gasteiger partial charge < -0.3 is 0 Å². The molecule has 1 saturated carbocycles. The number of hydrogen-bond acceptors (Lipinski definition) is 4. The molecule has 142 valence electrons. The fourth-order valence-corrected chi connectivity index (χ4v) is 4.45. The molecular weight excluding hydrogens is 369 g/mol. The first-order valence-corrected chi connectivity index (χ1v) is 9.76. The first-order chi connectivity index (χ1) is 12.2. The van der Waals surface area contributed by atoms with Crippen LogP contribution in [0.25, 0.3) is 0 Å². The lowest BCUT2D eigenvalue weighted by atomic mass is 9.87. The average Bonchev–Trinajstić information content (AvgIpc) is 2.95. The second-order valence-electron chi connectivity index (χ2n) is 6.37. The van der Waals surface area contributed by atoms with E-state index in [0.29, 0.717) is 0 Å². The van der Waals surface area contributed by atoms with Crippen LogP contribution >= 0.6 is 0 Å². The van der Waals surface area contributed by atoms with Crippen molar-refractivity contribution in [3.05, 3.63) is 35.8 Å². The Morgan fingerprint density at radius 2 is 1.92 bits per heavy atom. The predicted octanol–water partition coefficient (Wildman–Crippen LogP) is 3.68. The molecule has 1 aliphatic rings. The standard InChI is InChI=1S/C16H19F3N4O2S/c1-23-14(10-12(21-23)11-6-3-2-4-7-11)22-26(24,25)13-8-5-9-20-15(13)16(17,18)19/h5,8-11,22H,2-4,6-7H2,1H3. The third-order valence-corrected chi connectivity index (χ3v) is 5.88. The molecule has 0 saturated heterocycles. The second kappa shape index (κ2) is 6.90. The molecule has 0 radical (unpaired) electrons. The number of aromatic nitrogens is 3. The van der Waals surface area contributed by atoms with Crippen LogP contribution in [0.5, 0.6) is 0 Å². The highest BCUT2D eigenvalue weighted by Gasteiger charge is 2.39. The van der Waals surface area contributed by atoms with Gasteiger partial charge in [-0.25, -0.2) is 8.42 Å². The van der Waals surface area contributed by atoms with Crippen LogP contribution in [-0.4, -0.2) is 23.2 Å². The van der Waals surface area contributed by atoms with E-state index >= 15 is 0 Å². The topological polar surface area (TPSA) is 76.9 Å². The van der Waals surface area contributed by atoms with Gasteiger partial charge in [-0.1, -0.05) is 19.3 Å². The normalized spacial score (nSPS) is 16.6. The molecule has 1 N–H and O–H groups in total. The van der Waals surface area contributed by atoms with Crippen LogP contribution in [0.3, 0.4) is 0 Å². The molecule has 0 amide bonds. The van der Waals surface area contributed by atoms with Crippen molar-refractivity contribution in [3.8, 4) is 0 Å². The largest absolute Gasteiger partial charge is 0.434 e. The maximum Gasteiger partial charge on any atom is 0.434 e. The Bertz CT molecular complexity index is 887. The Hall–Kier alpha value is -2.10. The van der Waals surface area contributed by atoms with Gasteiger partial charge in [0.05, 0.1) is 5.69 Å². The molecule has 1 aliphatic carbocycles. The number of nitrogens with one attached hydrogen (secondary N) is 1. The maximum absolute atomic E-state index is 13.1. The summed E-state index contributed by atoms with van der Waals surface area (Å²) in [6.45, 7) is 0. The first kappa shape index (κ1) is 18.7. The number of sulfonamides is 1. The molecule has 0 bridgehead atoms. The van der Waals surface area contributed by atoms with Gasteiger partial charge in [0.15, 0.2) is 5.69 Å². The number of pyridine rings is 1. The summed E-state index contributed by atoms with van der Waals surface area (Å²) < 4.78 is 67.8. The SMILES string of the molecule is Cn1nc(C2CCCCC2)cc1NS(=O)(=O)c1cccnc1C(F)(F)F. The minimum Gasteiger partial charge on any atom is -0.264 e. The van der Waals surface area contributed by atoms with Crippen molar-refractivity contribution in [1.82, 2.24) is 14.8 Å². The molecule has 2 heterocycles. The maximum atomic E-state index is 13.1. The highest BCUT2D eigenvalue weighted by atomic mass is 32.2. The molecular formula is C16H19F3N4O2S. The lowest BCUT2D eigenvalue weighted by Gasteiger charge is -2.19. The predicted molar refractivity (Wildman–Crippen MR) is 89.1 cm³/mol. The number of anilines is 1. The van der Waals surface area contributed by atoms with Crippen LogP contribution in [0.4, 0.5) is 19.0 Å². The average molecular weight is 388 g/mol. The molecule has 0 aliphatic heterocycles. The van der Waals surface area contributed by atoms with Gasteiger partial charge in [-0.3, -0.25) is 14.4 Å². The summed E-state index contributed by atoms with van der Waals surface area (Å²) in [4.78, 5) is 2.28. The Balaban J connectivity index is 1.90. The minimum absolute atomic E-state index is 0.127. The van der Waals surface area contributed by atoms with Gasteiger partial charge in [-0.05, 0) is 25.0 Å². The Labute approximate surface area is 149 Å². The number of hydrogen-bond donors (Lipinski definition) is 1. The van der Waals surface area contributed by atoms with Crippen molar-refractivity contribution in [1.29, 1.82) is 0 Å². The van der Waals surface area contributed by atoms with E-state index in [1.165, 1.54) is 11.1 Å². The van der Waals surface area contributed by atoms with Gasteiger partial charge in [0.25, 0.3) is 10.0 Å². The van der Waals surface area contributed by atoms with E-state index in [4.69, 9.17) is 0 Å². The molecule has 6 nitrogen and oxygen atoms in total. The smallest absolute Gasteiger partial charge is 0.264 e. The minimum atomic E-state index is -4.87. The number of halogens is 3. The molecule has 10 heteroatoms. The summed E-state index contributed by atoms with van der Waals surface area (Å²) in [6.07, 6.45) is 1.34. The van der Waals surface area contributed by atoms with Crippen LogP contribution in [0.15, 0.2) is 29.3 Å². The zero-order valence-electron chi connectivity index (χ0n) is 14.1. The summed E-state index contributed by atoms with van der Waals surface area (Å²) in [5.41, 5.74) is -0.686. The first-order valence-electron chi connectivity index (χ1n) is 8.27. The van der Waals surface area contributed by atoms with Crippen molar-refractivity contribution in [2.45, 2.75) is 49.1 Å². The van der Waals surface area contributed by atoms with E-state index in [-0.39, 0.29) is 11.7 Å². The highest BCUT2D eigenvalue weighted by Crippen LogP contribution is 2.35. The van der Waals surface area contributed by atoms with E-state index in [1.807, 2.05) is 0 Å². The molecule has 26 heavy (non-hydrogen) atoms. The van der Waals surface area contributed by atoms with E-state index in [2.05, 4.69) is 14.8 Å². The van der Waals surface area contributed by atoms with E-state index in [1.54, 1.807) is 13.1 Å². The molecule has 2 aromatic heterocycles. The number of rotatable bonds is 4. The molecule has 1 fully saturated rings. The summed E-state index contributed by atoms with van der Waals surface area (Å²) in [5.74, 6) is 0.375. The molecule has 0 aromatic carbocycles. The lowest BCUT2D eigenvalue weighted by molar-refractivity contribution is -0.143. The van der Waals surface area contributed by atoms with Crippen molar-refractivity contribution in [3.63, 3.8) is 0 Å². The van der Waals surface area contributed by atoms with Crippen LogP contribution in [0.1, 0.15) is 49.4 Å². The van der Waals surface area contributed by atoms with Crippen molar-refractivity contribution in [2.75, 3.05) is 4.72 Å². The fourth-order valence-electron chi connectivity index (χ4n) is 3.20. The van der Waals surface area contributed by atoms with Gasteiger partial charge in [0, 0.05) is 25.2 Å². The monoisotopic (exact) mass is 388 g/mol. The van der Waals surface area contributed by atoms with Gasteiger partial charge in [0.2, 0.25) is 0 Å². The summed E-state index contributed by atoms with van der Waals surface area (Å²) >= 11 is 0. The number of nitrogens with zero attached hydrogens (tertiary/aromatic N) is 3. The van der Waals surface area contributed by atoms with Gasteiger partial charge >= 0.3 is 6.18 Å². The quantitative estimate of drug-likeness (QED) is 0.867. The lowest BCUT2D eigenvalue weighted by Crippen LogP contribution is -2.21. The zero-order valence-corrected chi connectivity index (χ0v) is 14.9. The summed E-state index contributed by atoms with van der Waals surface area (Å²) in [5, 5.41) is 4.34. The third-order valence-electron chi connectivity index (χ3n) is 4.49. The number of alkyl halides is 3. The third kappa shape index (κ3) is 3.84. The Morgan fingerprint density at radius 1 is 1.23 bits per heavy atom. The van der Waals surface area contributed by atoms with Crippen molar-refractivity contribution in [2.24, 2.45) is 7.05 Å². The summed E-state index contributed by atoms with van der Waals surface area (Å²) in [7, 11) is -2.91. The Morgan fingerprint density at radius 3 is 2.58 bits per heavy atom. The van der Waals surface area contributed by atoms with Crippen molar-refractivity contribution >= 4 is 15.8 Å². The second-order valence-corrected chi connectivity index (χ2v) is 8.02. The van der Waals surface area contributed by atoms with E-state index in [9.17, 15) is 21.6 Å². The zero-order chi connectivity index (χ0) is 18.9. The molecule has 0 spiro atoms. The molecule has 0 unspecified atom stereocenters. The Kier molecular flexibility index (Phi) is 4.96. The fraction of sp³-hybridized carbons (Fsp3) is 0.500. The molecule has 3 rings (SSSR count). The van der Waals surface area contributed by atoms with Gasteiger partial charge in [-0.2, -0.15) is 18.3 Å². The van der Waals surface area contributed by atoms with Gasteiger partial charge in [-0.15, -0.1) is 0 Å². The number of aryl methyl sites for hydroxylation is 1. The summed E-state index contributed by atoms with van der Waals surface area (Å²) in [6, 6.07) is 3.63. The van der Waals surface area contributed by atoms with Crippen LogP contribution < -0.4 is 4.72 Å². The van der Waals surface area contributed by atoms with Gasteiger partial charge in [0.1, 0.15) is 10.7 Å². The van der Waals surface area contributed by atoms with E-state index in [0.717, 1.165) is 49.7 Å².